The second kappa shape index (κ2) is 9.28. The standard InChI is InChI=1S/C21H26N2O5S2/c1-17-7-5-11-20(15-17)30(27,28)22-13-12-21(24)23-14-6-8-18(23)16-29(25,26)19-9-3-2-4-10-19/h2-5,7,9-11,15,18,22H,6,8,12-14,16H2,1H3. The minimum absolute atomic E-state index is 0.0209. The van der Waals surface area contributed by atoms with E-state index in [1.807, 2.05) is 0 Å². The molecule has 1 aliphatic rings. The maximum Gasteiger partial charge on any atom is 0.240 e. The normalized spacial score (nSPS) is 17.2. The van der Waals surface area contributed by atoms with Crippen molar-refractivity contribution in [1.29, 1.82) is 0 Å². The first-order chi connectivity index (χ1) is 14.2. The molecule has 1 aliphatic heterocycles. The Kier molecular flexibility index (Phi) is 6.95. The molecule has 2 aromatic rings. The molecule has 1 heterocycles. The Morgan fingerprint density at radius 1 is 1.03 bits per heavy atom. The van der Waals surface area contributed by atoms with Gasteiger partial charge in [-0.05, 0) is 49.6 Å². The van der Waals surface area contributed by atoms with Crippen molar-refractivity contribution in [2.45, 2.75) is 42.0 Å². The van der Waals surface area contributed by atoms with Crippen LogP contribution in [0.15, 0.2) is 64.4 Å². The fourth-order valence-electron chi connectivity index (χ4n) is 3.62. The van der Waals surface area contributed by atoms with Crippen LogP contribution in [0.5, 0.6) is 0 Å². The monoisotopic (exact) mass is 450 g/mol. The number of nitrogens with zero attached hydrogens (tertiary/aromatic N) is 1. The summed E-state index contributed by atoms with van der Waals surface area (Å²) < 4.78 is 52.5. The average molecular weight is 451 g/mol. The molecule has 0 aliphatic carbocycles. The van der Waals surface area contributed by atoms with E-state index in [1.165, 1.54) is 6.07 Å². The molecule has 0 spiro atoms. The topological polar surface area (TPSA) is 101 Å². The number of carbonyl (C=O) groups is 1. The molecule has 30 heavy (non-hydrogen) atoms. The molecule has 1 saturated heterocycles. The van der Waals surface area contributed by atoms with Gasteiger partial charge < -0.3 is 4.90 Å². The van der Waals surface area contributed by atoms with Gasteiger partial charge in [0.2, 0.25) is 15.9 Å². The van der Waals surface area contributed by atoms with Gasteiger partial charge in [0.05, 0.1) is 15.5 Å². The van der Waals surface area contributed by atoms with E-state index in [0.717, 1.165) is 12.0 Å². The lowest BCUT2D eigenvalue weighted by Crippen LogP contribution is -2.41. The van der Waals surface area contributed by atoms with Crippen LogP contribution in [0.3, 0.4) is 0 Å². The smallest absolute Gasteiger partial charge is 0.240 e. The first-order valence-corrected chi connectivity index (χ1v) is 13.0. The third-order valence-electron chi connectivity index (χ3n) is 5.14. The molecule has 0 radical (unpaired) electrons. The van der Waals surface area contributed by atoms with Crippen molar-refractivity contribution >= 4 is 25.8 Å². The molecule has 1 fully saturated rings. The predicted molar refractivity (Wildman–Crippen MR) is 114 cm³/mol. The summed E-state index contributed by atoms with van der Waals surface area (Å²) in [6.07, 6.45) is 1.33. The number of likely N-dealkylation sites (tertiary alicyclic amines) is 1. The van der Waals surface area contributed by atoms with E-state index in [4.69, 9.17) is 0 Å². The molecule has 0 saturated carbocycles. The van der Waals surface area contributed by atoms with Crippen LogP contribution >= 0.6 is 0 Å². The number of rotatable bonds is 8. The van der Waals surface area contributed by atoms with E-state index in [2.05, 4.69) is 4.72 Å². The van der Waals surface area contributed by atoms with Crippen molar-refractivity contribution in [3.05, 3.63) is 60.2 Å². The van der Waals surface area contributed by atoms with E-state index in [9.17, 15) is 21.6 Å². The SMILES string of the molecule is Cc1cccc(S(=O)(=O)NCCC(=O)N2CCCC2CS(=O)(=O)c2ccccc2)c1. The van der Waals surface area contributed by atoms with Crippen molar-refractivity contribution in [1.82, 2.24) is 9.62 Å². The fourth-order valence-corrected chi connectivity index (χ4v) is 6.37. The Balaban J connectivity index is 1.58. The summed E-state index contributed by atoms with van der Waals surface area (Å²) in [7, 11) is -7.20. The van der Waals surface area contributed by atoms with E-state index in [-0.39, 0.29) is 34.4 Å². The van der Waals surface area contributed by atoms with Gasteiger partial charge >= 0.3 is 0 Å². The lowest BCUT2D eigenvalue weighted by molar-refractivity contribution is -0.131. The molecule has 1 N–H and O–H groups in total. The number of nitrogens with one attached hydrogen (secondary N) is 1. The molecule has 1 atom stereocenters. The first kappa shape index (κ1) is 22.5. The Hall–Kier alpha value is -2.23. The highest BCUT2D eigenvalue weighted by atomic mass is 32.2. The van der Waals surface area contributed by atoms with Gasteiger partial charge in [0.15, 0.2) is 9.84 Å². The van der Waals surface area contributed by atoms with Crippen LogP contribution in [0, 0.1) is 6.92 Å². The van der Waals surface area contributed by atoms with Gasteiger partial charge in [-0.3, -0.25) is 4.79 Å². The summed E-state index contributed by atoms with van der Waals surface area (Å²) >= 11 is 0. The maximum atomic E-state index is 12.7. The van der Waals surface area contributed by atoms with Gasteiger partial charge in [-0.2, -0.15) is 0 Å². The fraction of sp³-hybridized carbons (Fsp3) is 0.381. The minimum atomic E-state index is -3.70. The van der Waals surface area contributed by atoms with Crippen LogP contribution in [-0.4, -0.2) is 52.5 Å². The molecule has 0 bridgehead atoms. The molecular weight excluding hydrogens is 424 g/mol. The third kappa shape index (κ3) is 5.47. The molecule has 7 nitrogen and oxygen atoms in total. The number of aryl methyl sites for hydroxylation is 1. The van der Waals surface area contributed by atoms with Gasteiger partial charge in [-0.15, -0.1) is 0 Å². The van der Waals surface area contributed by atoms with E-state index in [0.29, 0.717) is 13.0 Å². The van der Waals surface area contributed by atoms with Crippen LogP contribution < -0.4 is 4.72 Å². The second-order valence-electron chi connectivity index (χ2n) is 7.44. The highest BCUT2D eigenvalue weighted by molar-refractivity contribution is 7.91. The zero-order valence-electron chi connectivity index (χ0n) is 16.8. The predicted octanol–water partition coefficient (Wildman–Crippen LogP) is 2.13. The minimum Gasteiger partial charge on any atom is -0.339 e. The van der Waals surface area contributed by atoms with Gasteiger partial charge in [-0.25, -0.2) is 21.6 Å². The van der Waals surface area contributed by atoms with Crippen LogP contribution in [0.2, 0.25) is 0 Å². The van der Waals surface area contributed by atoms with Crippen molar-refractivity contribution in [3.63, 3.8) is 0 Å². The van der Waals surface area contributed by atoms with Crippen molar-refractivity contribution in [2.75, 3.05) is 18.8 Å². The Morgan fingerprint density at radius 3 is 2.43 bits per heavy atom. The number of sulfone groups is 1. The molecule has 9 heteroatoms. The summed E-state index contributed by atoms with van der Waals surface area (Å²) in [6, 6.07) is 14.3. The summed E-state index contributed by atoms with van der Waals surface area (Å²) in [5.74, 6) is -0.370. The van der Waals surface area contributed by atoms with Crippen LogP contribution in [0.25, 0.3) is 0 Å². The summed E-state index contributed by atoms with van der Waals surface area (Å²) in [6.45, 7) is 2.25. The number of sulfonamides is 1. The highest BCUT2D eigenvalue weighted by Gasteiger charge is 2.32. The lowest BCUT2D eigenvalue weighted by Gasteiger charge is -2.24. The van der Waals surface area contributed by atoms with E-state index < -0.39 is 25.9 Å². The quantitative estimate of drug-likeness (QED) is 0.664. The second-order valence-corrected chi connectivity index (χ2v) is 11.2. The zero-order valence-corrected chi connectivity index (χ0v) is 18.5. The largest absolute Gasteiger partial charge is 0.339 e. The average Bonchev–Trinajstić information content (AvgIpc) is 3.16. The zero-order chi connectivity index (χ0) is 21.8. The molecule has 162 valence electrons. The number of hydrogen-bond acceptors (Lipinski definition) is 5. The third-order valence-corrected chi connectivity index (χ3v) is 8.42. The van der Waals surface area contributed by atoms with E-state index >= 15 is 0 Å². The molecule has 3 rings (SSSR count). The number of carbonyl (C=O) groups excluding carboxylic acids is 1. The van der Waals surface area contributed by atoms with Crippen LogP contribution in [-0.2, 0) is 24.7 Å². The molecule has 1 amide bonds. The summed E-state index contributed by atoms with van der Waals surface area (Å²) in [5, 5.41) is 0. The van der Waals surface area contributed by atoms with Crippen LogP contribution in [0.1, 0.15) is 24.8 Å². The van der Waals surface area contributed by atoms with Gasteiger partial charge in [0, 0.05) is 25.6 Å². The summed E-state index contributed by atoms with van der Waals surface area (Å²) in [4.78, 5) is 14.6. The molecular formula is C21H26N2O5S2. The first-order valence-electron chi connectivity index (χ1n) is 9.83. The Morgan fingerprint density at radius 2 is 1.73 bits per heavy atom. The maximum absolute atomic E-state index is 12.7. The molecule has 0 aromatic heterocycles. The highest BCUT2D eigenvalue weighted by Crippen LogP contribution is 2.23. The summed E-state index contributed by atoms with van der Waals surface area (Å²) in [5.41, 5.74) is 0.827. The van der Waals surface area contributed by atoms with Gasteiger partial charge in [0.1, 0.15) is 0 Å². The van der Waals surface area contributed by atoms with Crippen molar-refractivity contribution in [2.24, 2.45) is 0 Å². The number of amides is 1. The van der Waals surface area contributed by atoms with Gasteiger partial charge in [-0.1, -0.05) is 30.3 Å². The van der Waals surface area contributed by atoms with Gasteiger partial charge in [0.25, 0.3) is 0 Å². The van der Waals surface area contributed by atoms with Crippen LogP contribution in [0.4, 0.5) is 0 Å². The molecule has 2 aromatic carbocycles. The Bertz CT molecular complexity index is 1100. The number of benzene rings is 2. The number of hydrogen-bond donors (Lipinski definition) is 1. The lowest BCUT2D eigenvalue weighted by atomic mass is 10.2. The Labute approximate surface area is 178 Å². The molecule has 1 unspecified atom stereocenters. The van der Waals surface area contributed by atoms with E-state index in [1.54, 1.807) is 60.4 Å². The van der Waals surface area contributed by atoms with Crippen molar-refractivity contribution in [3.8, 4) is 0 Å². The van der Waals surface area contributed by atoms with Crippen molar-refractivity contribution < 1.29 is 21.6 Å².